The van der Waals surface area contributed by atoms with E-state index in [0.29, 0.717) is 6.07 Å². The maximum atomic E-state index is 13.4. The molecule has 9 nitrogen and oxygen atoms in total. The minimum absolute atomic E-state index is 0.0128. The first kappa shape index (κ1) is 27.7. The number of hydrogen-bond acceptors (Lipinski definition) is 7. The zero-order valence-electron chi connectivity index (χ0n) is 19.0. The number of esters is 1. The fraction of sp³-hybridized carbons (Fsp3) is 0.364. The Morgan fingerprint density at radius 2 is 2.00 bits per heavy atom. The predicted molar refractivity (Wildman–Crippen MR) is 122 cm³/mol. The SMILES string of the molecule is CCNS(=O)(=O)N[C@H](COc1cc(C(F)(F)F)ccc1C1CC(=O)c2cccc(Cl)c2O1)C(=O)OC. The minimum Gasteiger partial charge on any atom is -0.491 e. The molecule has 0 fully saturated rings. The second-order valence-electron chi connectivity index (χ2n) is 7.61. The number of benzene rings is 2. The van der Waals surface area contributed by atoms with Crippen LogP contribution in [0.2, 0.25) is 5.02 Å². The molecule has 0 saturated carbocycles. The number of rotatable bonds is 9. The quantitative estimate of drug-likeness (QED) is 0.459. The molecule has 0 radical (unpaired) electrons. The van der Waals surface area contributed by atoms with Crippen molar-refractivity contribution in [3.63, 3.8) is 0 Å². The summed E-state index contributed by atoms with van der Waals surface area (Å²) >= 11 is 6.15. The highest BCUT2D eigenvalue weighted by molar-refractivity contribution is 7.87. The summed E-state index contributed by atoms with van der Waals surface area (Å²) in [5.74, 6) is -1.66. The van der Waals surface area contributed by atoms with Gasteiger partial charge in [-0.05, 0) is 24.3 Å². The normalized spacial score (nSPS) is 16.6. The van der Waals surface area contributed by atoms with Gasteiger partial charge in [-0.2, -0.15) is 26.3 Å². The number of carbonyl (C=O) groups excluding carboxylic acids is 2. The van der Waals surface area contributed by atoms with Crippen molar-refractivity contribution in [2.24, 2.45) is 0 Å². The van der Waals surface area contributed by atoms with Crippen molar-refractivity contribution in [1.29, 1.82) is 0 Å². The van der Waals surface area contributed by atoms with Crippen LogP contribution in [0.1, 0.15) is 40.9 Å². The predicted octanol–water partition coefficient (Wildman–Crippen LogP) is 3.43. The zero-order chi connectivity index (χ0) is 26.7. The van der Waals surface area contributed by atoms with Gasteiger partial charge < -0.3 is 14.2 Å². The highest BCUT2D eigenvalue weighted by Gasteiger charge is 2.35. The Morgan fingerprint density at radius 1 is 1.28 bits per heavy atom. The van der Waals surface area contributed by atoms with E-state index in [2.05, 4.69) is 9.46 Å². The van der Waals surface area contributed by atoms with Crippen LogP contribution in [-0.4, -0.2) is 46.5 Å². The molecule has 0 aliphatic carbocycles. The third-order valence-corrected chi connectivity index (χ3v) is 6.67. The van der Waals surface area contributed by atoms with Crippen molar-refractivity contribution in [1.82, 2.24) is 9.44 Å². The number of methoxy groups -OCH3 is 1. The number of nitrogens with one attached hydrogen (secondary N) is 2. The molecule has 0 aromatic heterocycles. The Bertz CT molecular complexity index is 1250. The fourth-order valence-corrected chi connectivity index (χ4v) is 4.69. The number of alkyl halides is 3. The van der Waals surface area contributed by atoms with E-state index in [-0.39, 0.29) is 46.4 Å². The van der Waals surface area contributed by atoms with E-state index >= 15 is 0 Å². The van der Waals surface area contributed by atoms with Crippen LogP contribution in [0.5, 0.6) is 11.5 Å². The number of carbonyl (C=O) groups is 2. The number of ether oxygens (including phenoxy) is 3. The Morgan fingerprint density at radius 3 is 2.64 bits per heavy atom. The molecular weight excluding hydrogens is 529 g/mol. The second kappa shape index (κ2) is 11.0. The molecular formula is C22H22ClF3N2O7S. The number of ketones is 1. The number of para-hydroxylation sites is 1. The lowest BCUT2D eigenvalue weighted by Gasteiger charge is -2.28. The van der Waals surface area contributed by atoms with Crippen molar-refractivity contribution >= 4 is 33.6 Å². The third kappa shape index (κ3) is 6.46. The highest BCUT2D eigenvalue weighted by Crippen LogP contribution is 2.43. The lowest BCUT2D eigenvalue weighted by Crippen LogP contribution is -2.49. The zero-order valence-corrected chi connectivity index (χ0v) is 20.6. The van der Waals surface area contributed by atoms with Gasteiger partial charge in [0, 0.05) is 12.1 Å². The van der Waals surface area contributed by atoms with Crippen molar-refractivity contribution in [3.8, 4) is 11.5 Å². The molecule has 0 bridgehead atoms. The molecule has 1 unspecified atom stereocenters. The molecule has 1 aliphatic rings. The van der Waals surface area contributed by atoms with Crippen LogP contribution < -0.4 is 18.9 Å². The van der Waals surface area contributed by atoms with Crippen LogP contribution in [0.15, 0.2) is 36.4 Å². The van der Waals surface area contributed by atoms with Crippen molar-refractivity contribution in [2.75, 3.05) is 20.3 Å². The van der Waals surface area contributed by atoms with E-state index in [0.717, 1.165) is 19.2 Å². The van der Waals surface area contributed by atoms with Crippen LogP contribution >= 0.6 is 11.6 Å². The van der Waals surface area contributed by atoms with Crippen molar-refractivity contribution < 1.29 is 45.4 Å². The van der Waals surface area contributed by atoms with Gasteiger partial charge in [0.25, 0.3) is 10.2 Å². The third-order valence-electron chi connectivity index (χ3n) is 5.11. The van der Waals surface area contributed by atoms with Gasteiger partial charge in [-0.3, -0.25) is 9.59 Å². The summed E-state index contributed by atoms with van der Waals surface area (Å²) in [5, 5.41) is 0.142. The maximum absolute atomic E-state index is 13.4. The summed E-state index contributed by atoms with van der Waals surface area (Å²) in [6.45, 7) is 0.802. The molecule has 2 aromatic carbocycles. The fourth-order valence-electron chi connectivity index (χ4n) is 3.47. The van der Waals surface area contributed by atoms with Gasteiger partial charge in [-0.15, -0.1) is 0 Å². The van der Waals surface area contributed by atoms with E-state index in [4.69, 9.17) is 21.1 Å². The standard InChI is InChI=1S/C22H22ClF3N2O7S/c1-3-27-36(31,32)28-16(21(30)33-2)11-34-18-9-12(22(24,25)26)7-8-14(18)19-10-17(29)13-5-4-6-15(23)20(13)35-19/h4-9,16,19,27-28H,3,10-11H2,1-2H3/t16-,19?/m1/s1. The number of fused-ring (bicyclic) bond motifs is 1. The lowest BCUT2D eigenvalue weighted by molar-refractivity contribution is -0.143. The van der Waals surface area contributed by atoms with Gasteiger partial charge in [-0.1, -0.05) is 30.7 Å². The first-order valence-electron chi connectivity index (χ1n) is 10.5. The molecule has 0 spiro atoms. The van der Waals surface area contributed by atoms with Crippen LogP contribution in [-0.2, 0) is 25.9 Å². The molecule has 2 N–H and O–H groups in total. The maximum Gasteiger partial charge on any atom is 0.416 e. The van der Waals surface area contributed by atoms with Gasteiger partial charge in [0.05, 0.1) is 29.7 Å². The summed E-state index contributed by atoms with van der Waals surface area (Å²) < 4.78 is 84.4. The van der Waals surface area contributed by atoms with Gasteiger partial charge in [0.1, 0.15) is 24.2 Å². The average Bonchev–Trinajstić information content (AvgIpc) is 2.81. The molecule has 1 heterocycles. The smallest absolute Gasteiger partial charge is 0.416 e. The Kier molecular flexibility index (Phi) is 8.49. The summed E-state index contributed by atoms with van der Waals surface area (Å²) in [4.78, 5) is 24.8. The average molecular weight is 551 g/mol. The van der Waals surface area contributed by atoms with Crippen LogP contribution in [0.4, 0.5) is 13.2 Å². The van der Waals surface area contributed by atoms with Gasteiger partial charge >= 0.3 is 12.1 Å². The van der Waals surface area contributed by atoms with Crippen molar-refractivity contribution in [3.05, 3.63) is 58.1 Å². The van der Waals surface area contributed by atoms with Crippen molar-refractivity contribution in [2.45, 2.75) is 31.7 Å². The Hall–Kier alpha value is -2.87. The molecule has 36 heavy (non-hydrogen) atoms. The van der Waals surface area contributed by atoms with Crippen LogP contribution in [0.25, 0.3) is 0 Å². The molecule has 0 saturated heterocycles. The summed E-state index contributed by atoms with van der Waals surface area (Å²) in [7, 11) is -3.13. The lowest BCUT2D eigenvalue weighted by atomic mass is 9.95. The van der Waals surface area contributed by atoms with E-state index in [9.17, 15) is 31.2 Å². The molecule has 196 valence electrons. The second-order valence-corrected chi connectivity index (χ2v) is 9.55. The Balaban J connectivity index is 1.96. The molecule has 3 rings (SSSR count). The van der Waals surface area contributed by atoms with Crippen LogP contribution in [0, 0.1) is 0 Å². The molecule has 1 aliphatic heterocycles. The minimum atomic E-state index is -4.73. The number of Topliss-reactive ketones (excluding diaryl/α,β-unsaturated/α-hetero) is 1. The molecule has 2 atom stereocenters. The number of hydrogen-bond donors (Lipinski definition) is 2. The summed E-state index contributed by atoms with van der Waals surface area (Å²) in [5.41, 5.74) is -0.763. The van der Waals surface area contributed by atoms with Crippen LogP contribution in [0.3, 0.4) is 0 Å². The van der Waals surface area contributed by atoms with E-state index in [1.54, 1.807) is 6.07 Å². The van der Waals surface area contributed by atoms with Gasteiger partial charge in [0.2, 0.25) is 0 Å². The summed E-state index contributed by atoms with van der Waals surface area (Å²) in [6.07, 6.45) is -6.01. The Labute approximate surface area is 210 Å². The summed E-state index contributed by atoms with van der Waals surface area (Å²) in [6, 6.07) is 5.55. The number of halogens is 4. The molecule has 0 amide bonds. The monoisotopic (exact) mass is 550 g/mol. The van der Waals surface area contributed by atoms with E-state index in [1.807, 2.05) is 4.72 Å². The largest absolute Gasteiger partial charge is 0.491 e. The van der Waals surface area contributed by atoms with Gasteiger partial charge in [0.15, 0.2) is 11.8 Å². The van der Waals surface area contributed by atoms with E-state index < -0.39 is 46.7 Å². The van der Waals surface area contributed by atoms with Gasteiger partial charge in [-0.25, -0.2) is 4.72 Å². The van der Waals surface area contributed by atoms with E-state index in [1.165, 1.54) is 19.1 Å². The molecule has 14 heteroatoms. The first-order valence-corrected chi connectivity index (χ1v) is 12.4. The first-order chi connectivity index (χ1) is 16.9. The topological polar surface area (TPSA) is 120 Å². The molecule has 2 aromatic rings. The highest BCUT2D eigenvalue weighted by atomic mass is 35.5.